The number of pyridine rings is 1. The summed E-state index contributed by atoms with van der Waals surface area (Å²) in [5.74, 6) is 1.12. The van der Waals surface area contributed by atoms with E-state index in [2.05, 4.69) is 34.1 Å². The van der Waals surface area contributed by atoms with Gasteiger partial charge in [-0.25, -0.2) is 4.99 Å². The van der Waals surface area contributed by atoms with Crippen molar-refractivity contribution in [1.29, 1.82) is 0 Å². The van der Waals surface area contributed by atoms with Crippen molar-refractivity contribution in [2.45, 2.75) is 12.5 Å². The molecule has 1 aromatic carbocycles. The maximum atomic E-state index is 4.74. The summed E-state index contributed by atoms with van der Waals surface area (Å²) >= 11 is 1.84. The fourth-order valence-electron chi connectivity index (χ4n) is 2.71. The molecule has 19 heavy (non-hydrogen) atoms. The third kappa shape index (κ3) is 1.83. The molecule has 94 valence electrons. The van der Waals surface area contributed by atoms with Crippen LogP contribution in [0.3, 0.4) is 0 Å². The van der Waals surface area contributed by atoms with Crippen LogP contribution in [0.5, 0.6) is 0 Å². The summed E-state index contributed by atoms with van der Waals surface area (Å²) < 4.78 is 0. The first-order valence-electron chi connectivity index (χ1n) is 6.40. The normalized spacial score (nSPS) is 22.6. The second kappa shape index (κ2) is 4.38. The minimum absolute atomic E-state index is 0.567. The third-order valence-electron chi connectivity index (χ3n) is 3.55. The summed E-state index contributed by atoms with van der Waals surface area (Å²) in [5.41, 5.74) is 3.68. The lowest BCUT2D eigenvalue weighted by molar-refractivity contribution is 0.801. The fourth-order valence-corrected chi connectivity index (χ4v) is 3.87. The van der Waals surface area contributed by atoms with Crippen LogP contribution in [0.25, 0.3) is 0 Å². The van der Waals surface area contributed by atoms with Crippen molar-refractivity contribution in [1.82, 2.24) is 4.98 Å². The smallest absolute Gasteiger partial charge is 0.169 e. The maximum Gasteiger partial charge on any atom is 0.169 e. The van der Waals surface area contributed by atoms with E-state index in [1.807, 2.05) is 30.1 Å². The number of aromatic nitrogens is 1. The highest BCUT2D eigenvalue weighted by Crippen LogP contribution is 2.40. The summed E-state index contributed by atoms with van der Waals surface area (Å²) in [5, 5.41) is 1.10. The summed E-state index contributed by atoms with van der Waals surface area (Å²) in [6.07, 6.45) is 4.72. The van der Waals surface area contributed by atoms with Crippen LogP contribution in [0.1, 0.15) is 5.56 Å². The molecule has 4 rings (SSSR count). The Bertz CT molecular complexity index is 639. The van der Waals surface area contributed by atoms with Crippen LogP contribution in [0.15, 0.2) is 53.8 Å². The molecule has 0 saturated carbocycles. The molecule has 2 aliphatic rings. The first-order valence-corrected chi connectivity index (χ1v) is 7.39. The zero-order valence-electron chi connectivity index (χ0n) is 10.4. The Labute approximate surface area is 116 Å². The topological polar surface area (TPSA) is 28.5 Å². The van der Waals surface area contributed by atoms with Crippen molar-refractivity contribution in [2.75, 3.05) is 10.7 Å². The van der Waals surface area contributed by atoms with E-state index in [1.165, 1.54) is 11.3 Å². The molecular weight excluding hydrogens is 254 g/mol. The average molecular weight is 267 g/mol. The molecule has 1 saturated heterocycles. The predicted molar refractivity (Wildman–Crippen MR) is 80.2 cm³/mol. The molecule has 0 amide bonds. The molecule has 1 atom stereocenters. The van der Waals surface area contributed by atoms with Crippen molar-refractivity contribution in [3.05, 3.63) is 54.4 Å². The van der Waals surface area contributed by atoms with Gasteiger partial charge in [0.2, 0.25) is 0 Å². The molecular formula is C15H13N3S. The summed E-state index contributed by atoms with van der Waals surface area (Å²) in [6, 6.07) is 13.1. The van der Waals surface area contributed by atoms with Crippen molar-refractivity contribution in [3.8, 4) is 0 Å². The maximum absolute atomic E-state index is 4.74. The predicted octanol–water partition coefficient (Wildman–Crippen LogP) is 3.25. The number of hydrogen-bond donors (Lipinski definition) is 0. The number of para-hydroxylation sites is 1. The first kappa shape index (κ1) is 11.1. The molecule has 0 radical (unpaired) electrons. The molecule has 2 aliphatic heterocycles. The molecule has 1 fully saturated rings. The van der Waals surface area contributed by atoms with Crippen molar-refractivity contribution >= 4 is 28.3 Å². The third-order valence-corrected chi connectivity index (χ3v) is 4.65. The van der Waals surface area contributed by atoms with Gasteiger partial charge in [0.25, 0.3) is 0 Å². The SMILES string of the molecule is c1cncc(N=C2SCC3Cc4ccccc4N23)c1. The Kier molecular flexibility index (Phi) is 2.55. The largest absolute Gasteiger partial charge is 0.316 e. The number of fused-ring (bicyclic) bond motifs is 3. The minimum atomic E-state index is 0.567. The van der Waals surface area contributed by atoms with Crippen molar-refractivity contribution in [3.63, 3.8) is 0 Å². The minimum Gasteiger partial charge on any atom is -0.316 e. The zero-order valence-corrected chi connectivity index (χ0v) is 11.2. The van der Waals surface area contributed by atoms with Gasteiger partial charge in [-0.3, -0.25) is 4.98 Å². The van der Waals surface area contributed by atoms with Crippen molar-refractivity contribution in [2.24, 2.45) is 4.99 Å². The second-order valence-corrected chi connectivity index (χ2v) is 5.76. The lowest BCUT2D eigenvalue weighted by Crippen LogP contribution is -2.29. The Hall–Kier alpha value is -1.81. The van der Waals surface area contributed by atoms with Gasteiger partial charge in [0, 0.05) is 23.7 Å². The number of nitrogens with zero attached hydrogens (tertiary/aromatic N) is 3. The van der Waals surface area contributed by atoms with Crippen LogP contribution < -0.4 is 4.90 Å². The Morgan fingerprint density at radius 2 is 2.16 bits per heavy atom. The lowest BCUT2D eigenvalue weighted by Gasteiger charge is -2.18. The highest BCUT2D eigenvalue weighted by Gasteiger charge is 2.37. The number of hydrogen-bond acceptors (Lipinski definition) is 3. The molecule has 1 aromatic heterocycles. The van der Waals surface area contributed by atoms with Crippen LogP contribution >= 0.6 is 11.8 Å². The zero-order chi connectivity index (χ0) is 12.7. The fraction of sp³-hybridized carbons (Fsp3) is 0.200. The number of aliphatic imine (C=N–C) groups is 1. The van der Waals surface area contributed by atoms with Gasteiger partial charge >= 0.3 is 0 Å². The Morgan fingerprint density at radius 1 is 1.21 bits per heavy atom. The summed E-state index contributed by atoms with van der Waals surface area (Å²) in [6.45, 7) is 0. The molecule has 2 aromatic rings. The molecule has 1 unspecified atom stereocenters. The number of benzene rings is 1. The second-order valence-electron chi connectivity index (χ2n) is 4.77. The highest BCUT2D eigenvalue weighted by molar-refractivity contribution is 8.14. The van der Waals surface area contributed by atoms with Gasteiger partial charge in [0.1, 0.15) is 0 Å². The van der Waals surface area contributed by atoms with Crippen LogP contribution in [0.4, 0.5) is 11.4 Å². The van der Waals surface area contributed by atoms with E-state index in [1.54, 1.807) is 6.20 Å². The van der Waals surface area contributed by atoms with Gasteiger partial charge in [-0.1, -0.05) is 30.0 Å². The average Bonchev–Trinajstić information content (AvgIpc) is 3.00. The first-order chi connectivity index (χ1) is 9.42. The highest BCUT2D eigenvalue weighted by atomic mass is 32.2. The van der Waals surface area contributed by atoms with E-state index in [-0.39, 0.29) is 0 Å². The molecule has 0 bridgehead atoms. The van der Waals surface area contributed by atoms with Crippen LogP contribution in [0.2, 0.25) is 0 Å². The molecule has 0 spiro atoms. The summed E-state index contributed by atoms with van der Waals surface area (Å²) in [7, 11) is 0. The van der Waals surface area contributed by atoms with Crippen molar-refractivity contribution < 1.29 is 0 Å². The molecule has 0 aliphatic carbocycles. The van der Waals surface area contributed by atoms with Gasteiger partial charge in [0.15, 0.2) is 5.17 Å². The van der Waals surface area contributed by atoms with E-state index < -0.39 is 0 Å². The Morgan fingerprint density at radius 3 is 3.05 bits per heavy atom. The molecule has 4 heteroatoms. The molecule has 3 heterocycles. The molecule has 3 nitrogen and oxygen atoms in total. The number of anilines is 1. The van der Waals surface area contributed by atoms with E-state index in [4.69, 9.17) is 4.99 Å². The Balaban J connectivity index is 1.75. The monoisotopic (exact) mass is 267 g/mol. The summed E-state index contributed by atoms with van der Waals surface area (Å²) in [4.78, 5) is 11.2. The van der Waals surface area contributed by atoms with Gasteiger partial charge in [-0.2, -0.15) is 0 Å². The lowest BCUT2D eigenvalue weighted by atomic mass is 10.1. The van der Waals surface area contributed by atoms with Gasteiger partial charge in [-0.05, 0) is 30.2 Å². The van der Waals surface area contributed by atoms with Crippen LogP contribution in [-0.4, -0.2) is 21.9 Å². The number of rotatable bonds is 1. The number of thioether (sulfide) groups is 1. The van der Waals surface area contributed by atoms with E-state index >= 15 is 0 Å². The van der Waals surface area contributed by atoms with E-state index in [9.17, 15) is 0 Å². The van der Waals surface area contributed by atoms with Crippen LogP contribution in [-0.2, 0) is 6.42 Å². The standard InChI is InChI=1S/C15H13N3S/c1-2-6-14-11(4-1)8-13-10-19-15(18(13)14)17-12-5-3-7-16-9-12/h1-7,9,13H,8,10H2. The van der Waals surface area contributed by atoms with E-state index in [0.29, 0.717) is 6.04 Å². The van der Waals surface area contributed by atoms with E-state index in [0.717, 1.165) is 23.0 Å². The quantitative estimate of drug-likeness (QED) is 0.794. The van der Waals surface area contributed by atoms with Gasteiger partial charge < -0.3 is 4.90 Å². The number of amidine groups is 1. The van der Waals surface area contributed by atoms with Crippen LogP contribution in [0, 0.1) is 0 Å². The molecule has 0 N–H and O–H groups in total. The van der Waals surface area contributed by atoms with Gasteiger partial charge in [0.05, 0.1) is 11.9 Å². The van der Waals surface area contributed by atoms with Gasteiger partial charge in [-0.15, -0.1) is 0 Å².